The monoisotopic (exact) mass is 377 g/mol. The van der Waals surface area contributed by atoms with E-state index in [-0.39, 0.29) is 11.4 Å². The van der Waals surface area contributed by atoms with E-state index in [2.05, 4.69) is 5.32 Å². The van der Waals surface area contributed by atoms with Crippen LogP contribution in [0.5, 0.6) is 11.5 Å². The Morgan fingerprint density at radius 2 is 2.00 bits per heavy atom. The van der Waals surface area contributed by atoms with Crippen LogP contribution in [0.1, 0.15) is 26.5 Å². The van der Waals surface area contributed by atoms with Crippen LogP contribution in [-0.4, -0.2) is 49.1 Å². The molecule has 1 aromatic heterocycles. The second-order valence-electron chi connectivity index (χ2n) is 7.16. The second-order valence-corrected chi connectivity index (χ2v) is 8.01. The van der Waals surface area contributed by atoms with Crippen LogP contribution in [-0.2, 0) is 11.3 Å². The predicted molar refractivity (Wildman–Crippen MR) is 105 cm³/mol. The van der Waals surface area contributed by atoms with Crippen molar-refractivity contribution < 1.29 is 14.3 Å². The quantitative estimate of drug-likeness (QED) is 0.803. The summed E-state index contributed by atoms with van der Waals surface area (Å²) >= 11 is 1.55. The number of amides is 1. The molecular formula is C19H27N3O3S. The number of hydrogen-bond acceptors (Lipinski definition) is 6. The summed E-state index contributed by atoms with van der Waals surface area (Å²) in [7, 11) is 5.15. The Bertz CT molecular complexity index is 753. The average Bonchev–Trinajstić information content (AvgIpc) is 2.99. The fourth-order valence-corrected chi connectivity index (χ4v) is 3.43. The molecule has 0 aliphatic carbocycles. The van der Waals surface area contributed by atoms with Gasteiger partial charge in [-0.05, 0) is 40.0 Å². The third kappa shape index (κ3) is 5.44. The van der Waals surface area contributed by atoms with Crippen molar-refractivity contribution in [1.82, 2.24) is 15.2 Å². The molecule has 2 rings (SSSR count). The van der Waals surface area contributed by atoms with Gasteiger partial charge in [-0.1, -0.05) is 6.07 Å². The zero-order chi connectivity index (χ0) is 19.3. The van der Waals surface area contributed by atoms with Gasteiger partial charge in [0.15, 0.2) is 11.5 Å². The number of nitrogens with zero attached hydrogens (tertiary/aromatic N) is 2. The van der Waals surface area contributed by atoms with Crippen molar-refractivity contribution in [3.8, 4) is 22.1 Å². The fourth-order valence-electron chi connectivity index (χ4n) is 2.59. The first-order valence-corrected chi connectivity index (χ1v) is 9.27. The van der Waals surface area contributed by atoms with Crippen molar-refractivity contribution >= 4 is 17.2 Å². The molecule has 26 heavy (non-hydrogen) atoms. The number of ether oxygens (including phenoxy) is 2. The minimum Gasteiger partial charge on any atom is -0.493 e. The number of benzene rings is 1. The standard InChI is InChI=1S/C19H27N3O3S/c1-19(2,3)21-16(23)11-22(4)10-13-12-26-18(20-13)14-8-7-9-15(24-5)17(14)25-6/h7-9,12H,10-11H2,1-6H3,(H,21,23). The number of methoxy groups -OCH3 is 2. The summed E-state index contributed by atoms with van der Waals surface area (Å²) < 4.78 is 10.8. The van der Waals surface area contributed by atoms with Gasteiger partial charge >= 0.3 is 0 Å². The predicted octanol–water partition coefficient (Wildman–Crippen LogP) is 3.17. The van der Waals surface area contributed by atoms with E-state index >= 15 is 0 Å². The first-order valence-electron chi connectivity index (χ1n) is 8.39. The van der Waals surface area contributed by atoms with E-state index in [1.807, 2.05) is 56.3 Å². The van der Waals surface area contributed by atoms with Crippen LogP contribution in [0.2, 0.25) is 0 Å². The molecule has 7 heteroatoms. The molecule has 1 amide bonds. The molecule has 0 bridgehead atoms. The molecule has 6 nitrogen and oxygen atoms in total. The van der Waals surface area contributed by atoms with Gasteiger partial charge in [0.05, 0.1) is 32.0 Å². The van der Waals surface area contributed by atoms with Crippen molar-refractivity contribution in [2.45, 2.75) is 32.9 Å². The number of hydrogen-bond donors (Lipinski definition) is 1. The fraction of sp³-hybridized carbons (Fsp3) is 0.474. The molecule has 1 heterocycles. The maximum atomic E-state index is 12.0. The van der Waals surface area contributed by atoms with Gasteiger partial charge in [0.2, 0.25) is 5.91 Å². The van der Waals surface area contributed by atoms with Crippen molar-refractivity contribution in [3.05, 3.63) is 29.3 Å². The first kappa shape index (κ1) is 20.2. The summed E-state index contributed by atoms with van der Waals surface area (Å²) in [6, 6.07) is 5.74. The highest BCUT2D eigenvalue weighted by molar-refractivity contribution is 7.13. The number of carbonyl (C=O) groups is 1. The van der Waals surface area contributed by atoms with Crippen LogP contribution in [0.25, 0.3) is 10.6 Å². The number of para-hydroxylation sites is 1. The van der Waals surface area contributed by atoms with Gasteiger partial charge in [-0.15, -0.1) is 11.3 Å². The van der Waals surface area contributed by atoms with Gasteiger partial charge in [-0.25, -0.2) is 4.98 Å². The van der Waals surface area contributed by atoms with Crippen molar-refractivity contribution in [1.29, 1.82) is 0 Å². The largest absolute Gasteiger partial charge is 0.493 e. The van der Waals surface area contributed by atoms with E-state index in [1.165, 1.54) is 0 Å². The van der Waals surface area contributed by atoms with E-state index < -0.39 is 0 Å². The molecule has 0 fully saturated rings. The number of nitrogens with one attached hydrogen (secondary N) is 1. The van der Waals surface area contributed by atoms with E-state index in [1.54, 1.807) is 25.6 Å². The van der Waals surface area contributed by atoms with Crippen LogP contribution in [0.15, 0.2) is 23.6 Å². The number of aromatic nitrogens is 1. The van der Waals surface area contributed by atoms with E-state index in [9.17, 15) is 4.79 Å². The minimum absolute atomic E-state index is 0.00455. The molecule has 0 radical (unpaired) electrons. The topological polar surface area (TPSA) is 63.7 Å². The number of likely N-dealkylation sites (N-methyl/N-ethyl adjacent to an activating group) is 1. The lowest BCUT2D eigenvalue weighted by Gasteiger charge is -2.23. The average molecular weight is 378 g/mol. The highest BCUT2D eigenvalue weighted by atomic mass is 32.1. The maximum absolute atomic E-state index is 12.0. The first-order chi connectivity index (χ1) is 12.2. The summed E-state index contributed by atoms with van der Waals surface area (Å²) in [5.74, 6) is 1.36. The Hall–Kier alpha value is -2.12. The number of rotatable bonds is 7. The van der Waals surface area contributed by atoms with Gasteiger partial charge in [0.1, 0.15) is 5.01 Å². The van der Waals surface area contributed by atoms with Crippen LogP contribution >= 0.6 is 11.3 Å². The van der Waals surface area contributed by atoms with Crippen molar-refractivity contribution in [2.24, 2.45) is 0 Å². The molecule has 2 aromatic rings. The van der Waals surface area contributed by atoms with Crippen LogP contribution in [0.4, 0.5) is 0 Å². The molecule has 0 spiro atoms. The van der Waals surface area contributed by atoms with Gasteiger partial charge in [-0.3, -0.25) is 9.69 Å². The smallest absolute Gasteiger partial charge is 0.234 e. The Balaban J connectivity index is 2.08. The molecule has 1 N–H and O–H groups in total. The second kappa shape index (κ2) is 8.51. The summed E-state index contributed by atoms with van der Waals surface area (Å²) in [6.07, 6.45) is 0. The third-order valence-corrected chi connectivity index (χ3v) is 4.47. The Morgan fingerprint density at radius 3 is 2.62 bits per heavy atom. The Labute approximate surface area is 159 Å². The van der Waals surface area contributed by atoms with Gasteiger partial charge < -0.3 is 14.8 Å². The molecule has 0 atom stereocenters. The zero-order valence-corrected chi connectivity index (χ0v) is 17.1. The molecule has 0 unspecified atom stereocenters. The highest BCUT2D eigenvalue weighted by Gasteiger charge is 2.17. The van der Waals surface area contributed by atoms with Crippen LogP contribution in [0, 0.1) is 0 Å². The summed E-state index contributed by atoms with van der Waals surface area (Å²) in [5, 5.41) is 5.84. The zero-order valence-electron chi connectivity index (χ0n) is 16.3. The maximum Gasteiger partial charge on any atom is 0.234 e. The summed E-state index contributed by atoms with van der Waals surface area (Å²) in [6.45, 7) is 6.84. The van der Waals surface area contributed by atoms with Crippen molar-refractivity contribution in [3.63, 3.8) is 0 Å². The van der Waals surface area contributed by atoms with Crippen LogP contribution in [0.3, 0.4) is 0 Å². The molecule has 0 saturated carbocycles. The molecule has 1 aromatic carbocycles. The van der Waals surface area contributed by atoms with E-state index in [0.717, 1.165) is 16.3 Å². The third-order valence-electron chi connectivity index (χ3n) is 3.54. The Morgan fingerprint density at radius 1 is 1.27 bits per heavy atom. The molecule has 0 aliphatic rings. The van der Waals surface area contributed by atoms with Crippen molar-refractivity contribution in [2.75, 3.05) is 27.8 Å². The summed E-state index contributed by atoms with van der Waals surface area (Å²) in [5.41, 5.74) is 1.59. The summed E-state index contributed by atoms with van der Waals surface area (Å²) in [4.78, 5) is 18.7. The van der Waals surface area contributed by atoms with E-state index in [4.69, 9.17) is 14.5 Å². The molecule has 0 saturated heterocycles. The number of thiazole rings is 1. The van der Waals surface area contributed by atoms with Gasteiger partial charge in [0, 0.05) is 17.5 Å². The van der Waals surface area contributed by atoms with Gasteiger partial charge in [0.25, 0.3) is 0 Å². The Kier molecular flexibility index (Phi) is 6.61. The molecule has 142 valence electrons. The normalized spacial score (nSPS) is 11.5. The lowest BCUT2D eigenvalue weighted by atomic mass is 10.1. The lowest BCUT2D eigenvalue weighted by Crippen LogP contribution is -2.45. The molecule has 0 aliphatic heterocycles. The van der Waals surface area contributed by atoms with Crippen LogP contribution < -0.4 is 14.8 Å². The lowest BCUT2D eigenvalue weighted by molar-refractivity contribution is -0.123. The minimum atomic E-state index is -0.228. The highest BCUT2D eigenvalue weighted by Crippen LogP contribution is 2.39. The molecular weight excluding hydrogens is 350 g/mol. The van der Waals surface area contributed by atoms with Gasteiger partial charge in [-0.2, -0.15) is 0 Å². The number of carbonyl (C=O) groups excluding carboxylic acids is 1. The van der Waals surface area contributed by atoms with E-state index in [0.29, 0.717) is 24.6 Å². The SMILES string of the molecule is COc1cccc(-c2nc(CN(C)CC(=O)NC(C)(C)C)cs2)c1OC.